The molecule has 0 fully saturated rings. The number of rotatable bonds is 8. The quantitative estimate of drug-likeness (QED) is 0.264. The van der Waals surface area contributed by atoms with Crippen LogP contribution in [0.25, 0.3) is 0 Å². The van der Waals surface area contributed by atoms with E-state index in [9.17, 15) is 28.8 Å². The third kappa shape index (κ3) is 4.99. The van der Waals surface area contributed by atoms with Crippen LogP contribution in [0.15, 0.2) is 97.1 Å². The van der Waals surface area contributed by atoms with Crippen molar-refractivity contribution in [3.8, 4) is 23.0 Å². The number of nitrogens with zero attached hydrogens (tertiary/aromatic N) is 3. The van der Waals surface area contributed by atoms with Crippen LogP contribution in [0.1, 0.15) is 52.6 Å². The molecule has 0 radical (unpaired) electrons. The van der Waals surface area contributed by atoms with Gasteiger partial charge in [0, 0.05) is 19.2 Å². The van der Waals surface area contributed by atoms with Gasteiger partial charge in [-0.15, -0.1) is 0 Å². The summed E-state index contributed by atoms with van der Waals surface area (Å²) in [5.74, 6) is -1.12. The minimum atomic E-state index is -0.614. The minimum absolute atomic E-state index is 0.131. The summed E-state index contributed by atoms with van der Waals surface area (Å²) in [5.41, 5.74) is 3.05. The van der Waals surface area contributed by atoms with Crippen LogP contribution < -0.4 is 9.47 Å². The first-order valence-corrected chi connectivity index (χ1v) is 14.2. The Morgan fingerprint density at radius 1 is 0.478 bits per heavy atom. The van der Waals surface area contributed by atoms with Gasteiger partial charge in [-0.2, -0.15) is 0 Å². The first-order chi connectivity index (χ1) is 22.2. The van der Waals surface area contributed by atoms with Gasteiger partial charge in [0.05, 0.1) is 22.3 Å². The predicted molar refractivity (Wildman–Crippen MR) is 162 cm³/mol. The zero-order valence-electron chi connectivity index (χ0n) is 24.3. The summed E-state index contributed by atoms with van der Waals surface area (Å²) in [5, 5.41) is 0. The van der Waals surface area contributed by atoms with Crippen LogP contribution in [-0.4, -0.2) is 63.9 Å². The molecule has 4 aromatic carbocycles. The summed E-state index contributed by atoms with van der Waals surface area (Å²) < 4.78 is 11.9. The Kier molecular flexibility index (Phi) is 6.78. The van der Waals surface area contributed by atoms with Gasteiger partial charge in [0.25, 0.3) is 35.4 Å². The fourth-order valence-electron chi connectivity index (χ4n) is 5.44. The van der Waals surface area contributed by atoms with E-state index < -0.39 is 30.3 Å². The first-order valence-electron chi connectivity index (χ1n) is 14.2. The molecule has 3 heterocycles. The Bertz CT molecular complexity index is 2010. The Balaban J connectivity index is 0.969. The molecule has 7 rings (SSSR count). The Hall–Kier alpha value is -6.36. The van der Waals surface area contributed by atoms with Crippen LogP contribution >= 0.6 is 0 Å². The van der Waals surface area contributed by atoms with Crippen molar-refractivity contribution in [3.05, 3.63) is 130 Å². The molecule has 0 unspecified atom stereocenters. The van der Waals surface area contributed by atoms with Crippen LogP contribution in [0.5, 0.6) is 23.0 Å². The lowest BCUT2D eigenvalue weighted by Crippen LogP contribution is -2.43. The van der Waals surface area contributed by atoms with Gasteiger partial charge in [-0.3, -0.25) is 43.5 Å². The molecule has 0 saturated heterocycles. The van der Waals surface area contributed by atoms with Crippen molar-refractivity contribution in [1.29, 1.82) is 0 Å². The number of benzene rings is 4. The molecule has 0 aromatic heterocycles. The van der Waals surface area contributed by atoms with Gasteiger partial charge in [-0.1, -0.05) is 24.3 Å². The van der Waals surface area contributed by atoms with Crippen molar-refractivity contribution in [3.63, 3.8) is 0 Å². The Morgan fingerprint density at radius 2 is 0.891 bits per heavy atom. The van der Waals surface area contributed by atoms with E-state index in [4.69, 9.17) is 9.47 Å². The average molecular weight is 614 g/mol. The lowest BCUT2D eigenvalue weighted by Gasteiger charge is -2.20. The topological polar surface area (TPSA) is 131 Å². The highest BCUT2D eigenvalue weighted by Gasteiger charge is 2.39. The Labute approximate surface area is 261 Å². The molecule has 46 heavy (non-hydrogen) atoms. The number of amides is 6. The second-order valence-electron chi connectivity index (χ2n) is 10.9. The number of imide groups is 3. The summed E-state index contributed by atoms with van der Waals surface area (Å²) in [6, 6.07) is 24.3. The van der Waals surface area contributed by atoms with Crippen LogP contribution in [-0.2, 0) is 16.0 Å². The molecule has 0 spiro atoms. The summed E-state index contributed by atoms with van der Waals surface area (Å²) in [7, 11) is 1.45. The van der Waals surface area contributed by atoms with Crippen LogP contribution in [0.4, 0.5) is 0 Å². The number of carbonyl (C=O) groups excluding carboxylic acids is 6. The molecule has 0 N–H and O–H groups in total. The van der Waals surface area contributed by atoms with E-state index in [1.54, 1.807) is 36.4 Å². The van der Waals surface area contributed by atoms with Crippen molar-refractivity contribution in [2.24, 2.45) is 0 Å². The molecule has 11 heteroatoms. The van der Waals surface area contributed by atoms with E-state index in [1.165, 1.54) is 19.2 Å². The third-order valence-corrected chi connectivity index (χ3v) is 7.91. The maximum Gasteiger partial charge on any atom is 0.263 e. The third-order valence-electron chi connectivity index (χ3n) is 7.91. The number of carbonyl (C=O) groups is 6. The lowest BCUT2D eigenvalue weighted by molar-refractivity contribution is -0.138. The molecular weight excluding hydrogens is 590 g/mol. The summed E-state index contributed by atoms with van der Waals surface area (Å²) in [6.07, 6.45) is 2.83. The number of ether oxygens (including phenoxy) is 2. The number of hydrogen-bond donors (Lipinski definition) is 0. The molecule has 0 saturated carbocycles. The van der Waals surface area contributed by atoms with Gasteiger partial charge in [-0.05, 0) is 78.2 Å². The summed E-state index contributed by atoms with van der Waals surface area (Å²) in [4.78, 5) is 76.7. The van der Waals surface area contributed by atoms with Crippen molar-refractivity contribution in [2.75, 3.05) is 13.7 Å². The van der Waals surface area contributed by atoms with Crippen LogP contribution in [0.2, 0.25) is 0 Å². The van der Waals surface area contributed by atoms with Crippen molar-refractivity contribution in [2.45, 2.75) is 6.42 Å². The highest BCUT2D eigenvalue weighted by molar-refractivity contribution is 6.22. The highest BCUT2D eigenvalue weighted by Crippen LogP contribution is 2.31. The van der Waals surface area contributed by atoms with Gasteiger partial charge >= 0.3 is 0 Å². The highest BCUT2D eigenvalue weighted by atomic mass is 16.5. The second-order valence-corrected chi connectivity index (χ2v) is 10.9. The average Bonchev–Trinajstić information content (AvgIpc) is 3.59. The largest absolute Gasteiger partial charge is 0.457 e. The van der Waals surface area contributed by atoms with E-state index in [1.807, 2.05) is 36.4 Å². The molecule has 0 bridgehead atoms. The van der Waals surface area contributed by atoms with Crippen LogP contribution in [0, 0.1) is 0 Å². The second kappa shape index (κ2) is 11.0. The molecule has 3 aliphatic rings. The zero-order valence-corrected chi connectivity index (χ0v) is 24.3. The molecule has 226 valence electrons. The number of hydrogen-bond acceptors (Lipinski definition) is 8. The van der Waals surface area contributed by atoms with E-state index in [0.29, 0.717) is 40.5 Å². The first kappa shape index (κ1) is 28.4. The Morgan fingerprint density at radius 3 is 1.41 bits per heavy atom. The van der Waals surface area contributed by atoms with Crippen molar-refractivity contribution >= 4 is 35.4 Å². The van der Waals surface area contributed by atoms with Crippen molar-refractivity contribution in [1.82, 2.24) is 14.7 Å². The lowest BCUT2D eigenvalue weighted by atomic mass is 10.0. The van der Waals surface area contributed by atoms with E-state index >= 15 is 0 Å². The molecule has 4 aromatic rings. The number of fused-ring (bicyclic) bond motifs is 2. The van der Waals surface area contributed by atoms with E-state index in [0.717, 1.165) is 38.0 Å². The summed E-state index contributed by atoms with van der Waals surface area (Å²) in [6.45, 7) is -0.456. The standard InChI is InChI=1S/C35H23N3O8/c1-36-32(41)26-12-10-24(17-28(26)33(36)42)45-22-6-2-20(3-7-22)16-21-4-8-23(9-5-21)46-25-11-13-27-29(18-25)35(44)38(34(27)43)19-37-30(39)14-15-31(37)40/h2-15,17-18H,16,19H2,1H3. The monoisotopic (exact) mass is 613 g/mol. The van der Waals surface area contributed by atoms with E-state index in [2.05, 4.69) is 0 Å². The maximum absolute atomic E-state index is 13.0. The molecule has 0 aliphatic carbocycles. The zero-order chi connectivity index (χ0) is 32.1. The normalized spacial score (nSPS) is 15.3. The van der Waals surface area contributed by atoms with E-state index in [-0.39, 0.29) is 22.9 Å². The van der Waals surface area contributed by atoms with Crippen LogP contribution in [0.3, 0.4) is 0 Å². The fraction of sp³-hybridized carbons (Fsp3) is 0.0857. The minimum Gasteiger partial charge on any atom is -0.457 e. The van der Waals surface area contributed by atoms with Gasteiger partial charge in [-0.25, -0.2) is 0 Å². The molecule has 0 atom stereocenters. The smallest absolute Gasteiger partial charge is 0.263 e. The summed E-state index contributed by atoms with van der Waals surface area (Å²) >= 11 is 0. The molecule has 6 amide bonds. The SMILES string of the molecule is CN1C(=O)c2ccc(Oc3ccc(Cc4ccc(Oc5ccc6c(c5)C(=O)N(CN5C(=O)C=CC5=O)C6=O)cc4)cc3)cc2C1=O. The fourth-order valence-corrected chi connectivity index (χ4v) is 5.44. The molecule has 3 aliphatic heterocycles. The molecule has 11 nitrogen and oxygen atoms in total. The molecular formula is C35H23N3O8. The maximum atomic E-state index is 13.0. The predicted octanol–water partition coefficient (Wildman–Crippen LogP) is 4.57. The van der Waals surface area contributed by atoms with Crippen molar-refractivity contribution < 1.29 is 38.2 Å². The van der Waals surface area contributed by atoms with Gasteiger partial charge in [0.2, 0.25) is 0 Å². The van der Waals surface area contributed by atoms with Gasteiger partial charge in [0.15, 0.2) is 0 Å². The van der Waals surface area contributed by atoms with Gasteiger partial charge in [0.1, 0.15) is 29.7 Å². The van der Waals surface area contributed by atoms with Gasteiger partial charge < -0.3 is 9.47 Å².